The molecule has 5 N–H and O–H groups in total. The molecule has 2 atom stereocenters. The quantitative estimate of drug-likeness (QED) is 0.175. The molecule has 1 saturated heterocycles. The van der Waals surface area contributed by atoms with E-state index in [1.807, 2.05) is 43.9 Å². The number of nitrogens with one attached hydrogen (secondary N) is 1. The summed E-state index contributed by atoms with van der Waals surface area (Å²) in [4.78, 5) is 49.8. The topological polar surface area (TPSA) is 179 Å². The lowest BCUT2D eigenvalue weighted by atomic mass is 9.91. The molecule has 0 bridgehead atoms. The van der Waals surface area contributed by atoms with Crippen LogP contribution in [0.3, 0.4) is 0 Å². The number of pyridine rings is 1. The van der Waals surface area contributed by atoms with Crippen LogP contribution in [0.25, 0.3) is 0 Å². The monoisotopic (exact) mass is 680 g/mol. The number of hydrogen-bond donors (Lipinski definition) is 3. The Hall–Kier alpha value is -5.17. The van der Waals surface area contributed by atoms with Crippen LogP contribution < -0.4 is 21.1 Å². The van der Waals surface area contributed by atoms with Gasteiger partial charge in [-0.3, -0.25) is 34.8 Å². The summed E-state index contributed by atoms with van der Waals surface area (Å²) >= 11 is 0. The fraction of sp³-hybridized carbons (Fsp3) is 0.432. The van der Waals surface area contributed by atoms with Crippen molar-refractivity contribution < 1.29 is 14.3 Å². The van der Waals surface area contributed by atoms with Gasteiger partial charge in [0.05, 0.1) is 35.7 Å². The van der Waals surface area contributed by atoms with Gasteiger partial charge in [-0.05, 0) is 82.6 Å². The molecular formula is C37H48N10O3. The van der Waals surface area contributed by atoms with E-state index in [0.29, 0.717) is 80.0 Å². The van der Waals surface area contributed by atoms with Gasteiger partial charge in [-0.25, -0.2) is 9.98 Å². The second kappa shape index (κ2) is 16.5. The molecule has 50 heavy (non-hydrogen) atoms. The van der Waals surface area contributed by atoms with E-state index in [1.165, 1.54) is 11.9 Å². The fourth-order valence-corrected chi connectivity index (χ4v) is 6.40. The van der Waals surface area contributed by atoms with Crippen LogP contribution >= 0.6 is 0 Å². The summed E-state index contributed by atoms with van der Waals surface area (Å²) in [6, 6.07) is 10.7. The molecule has 0 radical (unpaired) electrons. The number of likely N-dealkylation sites (tertiary alicyclic amines) is 1. The number of carbonyl (C=O) groups is 2. The van der Waals surface area contributed by atoms with Crippen molar-refractivity contribution in [2.24, 2.45) is 32.5 Å². The van der Waals surface area contributed by atoms with Crippen molar-refractivity contribution in [2.45, 2.75) is 39.7 Å². The number of rotatable bonds is 12. The summed E-state index contributed by atoms with van der Waals surface area (Å²) in [5.74, 6) is 1.46. The Morgan fingerprint density at radius 2 is 1.96 bits per heavy atom. The maximum Gasteiger partial charge on any atom is 0.237 e. The second-order valence-corrected chi connectivity index (χ2v) is 12.9. The maximum absolute atomic E-state index is 13.8. The Bertz CT molecular complexity index is 1730. The van der Waals surface area contributed by atoms with Crippen LogP contribution in [0.4, 0.5) is 11.5 Å². The third kappa shape index (κ3) is 8.70. The number of benzene rings is 1. The van der Waals surface area contributed by atoms with E-state index in [2.05, 4.69) is 32.0 Å². The zero-order valence-corrected chi connectivity index (χ0v) is 29.4. The minimum absolute atomic E-state index is 0.0455. The number of aliphatic imine (C=N–C) groups is 3. The normalized spacial score (nSPS) is 19.9. The molecule has 2 amide bonds. The molecule has 13 nitrogen and oxygen atoms in total. The molecule has 1 unspecified atom stereocenters. The summed E-state index contributed by atoms with van der Waals surface area (Å²) < 4.78 is 5.72. The minimum Gasteiger partial charge on any atom is -0.491 e. The molecule has 0 aliphatic carbocycles. The van der Waals surface area contributed by atoms with Gasteiger partial charge in [0.2, 0.25) is 11.8 Å². The number of ether oxygens (including phenoxy) is 1. The van der Waals surface area contributed by atoms with Gasteiger partial charge >= 0.3 is 0 Å². The lowest BCUT2D eigenvalue weighted by molar-refractivity contribution is -0.132. The van der Waals surface area contributed by atoms with Gasteiger partial charge in [0.25, 0.3) is 0 Å². The summed E-state index contributed by atoms with van der Waals surface area (Å²) in [5.41, 5.74) is 15.7. The van der Waals surface area contributed by atoms with Crippen LogP contribution in [0, 0.1) is 17.2 Å². The molecule has 264 valence electrons. The molecule has 1 aromatic carbocycles. The molecular weight excluding hydrogens is 632 g/mol. The van der Waals surface area contributed by atoms with E-state index >= 15 is 0 Å². The van der Waals surface area contributed by atoms with Crippen molar-refractivity contribution in [3.05, 3.63) is 71.5 Å². The summed E-state index contributed by atoms with van der Waals surface area (Å²) in [6.07, 6.45) is 9.04. The van der Waals surface area contributed by atoms with E-state index in [0.717, 1.165) is 12.2 Å². The van der Waals surface area contributed by atoms with Crippen LogP contribution in [0.2, 0.25) is 0 Å². The molecule has 4 heterocycles. The van der Waals surface area contributed by atoms with Gasteiger partial charge in [0.1, 0.15) is 23.6 Å². The number of aromatic nitrogens is 1. The smallest absolute Gasteiger partial charge is 0.237 e. The first-order valence-electron chi connectivity index (χ1n) is 17.2. The summed E-state index contributed by atoms with van der Waals surface area (Å²) in [6.45, 7) is 9.49. The zero-order chi connectivity index (χ0) is 35.8. The van der Waals surface area contributed by atoms with Crippen LogP contribution in [0.15, 0.2) is 75.2 Å². The van der Waals surface area contributed by atoms with Gasteiger partial charge in [-0.15, -0.1) is 0 Å². The van der Waals surface area contributed by atoms with Gasteiger partial charge < -0.3 is 21.1 Å². The van der Waals surface area contributed by atoms with E-state index in [9.17, 15) is 9.59 Å². The number of anilines is 2. The van der Waals surface area contributed by atoms with Gasteiger partial charge in [0.15, 0.2) is 5.84 Å². The lowest BCUT2D eigenvalue weighted by Crippen LogP contribution is -2.43. The van der Waals surface area contributed by atoms with Crippen molar-refractivity contribution in [1.82, 2.24) is 14.8 Å². The number of amidine groups is 1. The van der Waals surface area contributed by atoms with Crippen LogP contribution in [0.5, 0.6) is 5.75 Å². The number of amides is 2. The first kappa shape index (κ1) is 36.1. The van der Waals surface area contributed by atoms with Gasteiger partial charge in [-0.2, -0.15) is 0 Å². The van der Waals surface area contributed by atoms with Crippen molar-refractivity contribution >= 4 is 46.9 Å². The second-order valence-electron chi connectivity index (χ2n) is 12.9. The molecule has 0 spiro atoms. The lowest BCUT2D eigenvalue weighted by Gasteiger charge is -2.30. The molecule has 1 aromatic heterocycles. The van der Waals surface area contributed by atoms with Crippen molar-refractivity contribution in [2.75, 3.05) is 63.5 Å². The molecule has 2 aromatic rings. The number of nitrogens with zero attached hydrogens (tertiary/aromatic N) is 7. The van der Waals surface area contributed by atoms with E-state index < -0.39 is 0 Å². The van der Waals surface area contributed by atoms with E-state index in [4.69, 9.17) is 26.6 Å². The highest BCUT2D eigenvalue weighted by atomic mass is 16.5. The predicted octanol–water partition coefficient (Wildman–Crippen LogP) is 3.34. The zero-order valence-electron chi connectivity index (χ0n) is 29.4. The fourth-order valence-electron chi connectivity index (χ4n) is 6.40. The Balaban J connectivity index is 1.15. The molecule has 1 fully saturated rings. The Kier molecular flexibility index (Phi) is 11.9. The highest BCUT2D eigenvalue weighted by molar-refractivity contribution is 6.46. The number of nitrogen functional groups attached to an aromatic ring is 1. The average Bonchev–Trinajstić information content (AvgIpc) is 3.60. The molecule has 3 aliphatic rings. The van der Waals surface area contributed by atoms with Crippen molar-refractivity contribution in [3.8, 4) is 5.75 Å². The third-order valence-electron chi connectivity index (χ3n) is 9.10. The highest BCUT2D eigenvalue weighted by Crippen LogP contribution is 2.27. The molecule has 5 rings (SSSR count). The van der Waals surface area contributed by atoms with Crippen LogP contribution in [-0.4, -0.2) is 109 Å². The van der Waals surface area contributed by atoms with Crippen LogP contribution in [-0.2, 0) is 9.59 Å². The highest BCUT2D eigenvalue weighted by Gasteiger charge is 2.34. The van der Waals surface area contributed by atoms with Gasteiger partial charge in [0, 0.05) is 51.3 Å². The SMILES string of the molecule is CCN(C(=O)[C@@H]1CCN(CC(=O)N2CC=C(C3C=CC(C(N)=NC=NC)=NC3)CC2)C1)c1ccc(N)c(C(=N)c2ccc(OC(C)C)cc2)n1. The Morgan fingerprint density at radius 3 is 2.60 bits per heavy atom. The van der Waals surface area contributed by atoms with Crippen molar-refractivity contribution in [1.29, 1.82) is 5.41 Å². The summed E-state index contributed by atoms with van der Waals surface area (Å²) in [5, 5.41) is 8.82. The number of nitrogens with two attached hydrogens (primary N) is 2. The first-order chi connectivity index (χ1) is 24.1. The van der Waals surface area contributed by atoms with Crippen LogP contribution in [0.1, 0.15) is 44.9 Å². The maximum atomic E-state index is 13.8. The third-order valence-corrected chi connectivity index (χ3v) is 9.10. The van der Waals surface area contributed by atoms with Crippen molar-refractivity contribution in [3.63, 3.8) is 0 Å². The number of hydrogen-bond acceptors (Lipinski definition) is 9. The van der Waals surface area contributed by atoms with E-state index in [1.54, 1.807) is 36.2 Å². The number of carbonyl (C=O) groups excluding carboxylic acids is 2. The standard InChI is InChI=1S/C37H48N10O3/c1-5-47(32-13-11-30(38)35(44-32)34(39)26-6-9-29(10-7-26)50-24(2)3)37(49)28-14-17-45(21-28)22-33(48)46-18-15-25(16-19-46)27-8-12-31(42-20-27)36(40)43-23-41-4/h6-13,15,23-24,27-28,39H,5,14,16-22,38H2,1-4H3,(H2,40,41,43)/t27?,28-/m1/s1. The largest absolute Gasteiger partial charge is 0.491 e. The number of dihydropyridines is 1. The minimum atomic E-state index is -0.261. The average molecular weight is 681 g/mol. The molecule has 0 saturated carbocycles. The van der Waals surface area contributed by atoms with Gasteiger partial charge in [-0.1, -0.05) is 17.7 Å². The molecule has 13 heteroatoms. The predicted molar refractivity (Wildman–Crippen MR) is 200 cm³/mol. The Labute approximate surface area is 294 Å². The Morgan fingerprint density at radius 1 is 1.18 bits per heavy atom. The molecule has 3 aliphatic heterocycles. The van der Waals surface area contributed by atoms with E-state index in [-0.39, 0.29) is 42.0 Å². The summed E-state index contributed by atoms with van der Waals surface area (Å²) in [7, 11) is 1.64. The first-order valence-corrected chi connectivity index (χ1v) is 17.2.